The number of rotatable bonds is 7. The highest BCUT2D eigenvalue weighted by Crippen LogP contribution is 2.37. The summed E-state index contributed by atoms with van der Waals surface area (Å²) < 4.78 is 5.30. The van der Waals surface area contributed by atoms with Crippen molar-refractivity contribution in [1.29, 1.82) is 0 Å². The van der Waals surface area contributed by atoms with E-state index in [9.17, 15) is 9.59 Å². The van der Waals surface area contributed by atoms with E-state index >= 15 is 0 Å². The average Bonchev–Trinajstić information content (AvgIpc) is 3.13. The fraction of sp³-hybridized carbons (Fsp3) is 0.500. The van der Waals surface area contributed by atoms with E-state index in [0.717, 1.165) is 17.5 Å². The minimum atomic E-state index is -0.385. The van der Waals surface area contributed by atoms with Crippen molar-refractivity contribution in [2.24, 2.45) is 5.92 Å². The zero-order valence-electron chi connectivity index (χ0n) is 17.7. The summed E-state index contributed by atoms with van der Waals surface area (Å²) in [5.41, 5.74) is 4.62. The highest BCUT2D eigenvalue weighted by molar-refractivity contribution is 7.15. The molecule has 1 saturated carbocycles. The van der Waals surface area contributed by atoms with Crippen molar-refractivity contribution in [2.45, 2.75) is 65.7 Å². The molecule has 156 valence electrons. The maximum Gasteiger partial charge on any atom is 0.341 e. The second-order valence-corrected chi connectivity index (χ2v) is 8.84. The minimum Gasteiger partial charge on any atom is -0.462 e. The van der Waals surface area contributed by atoms with Crippen LogP contribution in [-0.4, -0.2) is 18.5 Å². The number of benzene rings is 1. The average molecular weight is 414 g/mol. The summed E-state index contributed by atoms with van der Waals surface area (Å²) in [7, 11) is 0. The Bertz CT molecular complexity index is 865. The van der Waals surface area contributed by atoms with E-state index in [2.05, 4.69) is 31.3 Å². The van der Waals surface area contributed by atoms with Gasteiger partial charge in [0, 0.05) is 17.4 Å². The number of nitrogens with one attached hydrogen (secondary N) is 1. The first-order valence-corrected chi connectivity index (χ1v) is 11.5. The highest BCUT2D eigenvalue weighted by atomic mass is 32.1. The topological polar surface area (TPSA) is 55.4 Å². The van der Waals surface area contributed by atoms with Gasteiger partial charge in [-0.3, -0.25) is 4.79 Å². The molecule has 29 heavy (non-hydrogen) atoms. The number of esters is 1. The molecule has 1 fully saturated rings. The largest absolute Gasteiger partial charge is 0.462 e. The molecule has 0 aliphatic heterocycles. The van der Waals surface area contributed by atoms with E-state index in [-0.39, 0.29) is 11.9 Å². The van der Waals surface area contributed by atoms with Gasteiger partial charge in [-0.25, -0.2) is 4.79 Å². The molecular formula is C24H31NO3S. The van der Waals surface area contributed by atoms with Crippen LogP contribution >= 0.6 is 11.3 Å². The summed E-state index contributed by atoms with van der Waals surface area (Å²) in [5, 5.41) is 5.51. The van der Waals surface area contributed by atoms with Crippen LogP contribution in [-0.2, 0) is 9.53 Å². The van der Waals surface area contributed by atoms with Crippen LogP contribution in [0.15, 0.2) is 23.6 Å². The number of amides is 1. The normalized spacial score (nSPS) is 14.6. The second kappa shape index (κ2) is 10.1. The molecule has 2 aromatic rings. The Morgan fingerprint density at radius 1 is 1.14 bits per heavy atom. The molecule has 1 aromatic heterocycles. The van der Waals surface area contributed by atoms with E-state index in [4.69, 9.17) is 4.74 Å². The third kappa shape index (κ3) is 5.47. The molecule has 0 saturated heterocycles. The van der Waals surface area contributed by atoms with Gasteiger partial charge in [0.05, 0.1) is 6.61 Å². The summed E-state index contributed by atoms with van der Waals surface area (Å²) in [6.07, 6.45) is 7.78. The minimum absolute atomic E-state index is 0.0189. The van der Waals surface area contributed by atoms with E-state index in [1.165, 1.54) is 54.6 Å². The standard InChI is InChI=1S/C24H31NO3S/c1-4-28-24(27)22-20(19-12-10-16(2)17(3)14-19)15-29-23(22)25-21(26)13-11-18-8-6-5-7-9-18/h10,12,14-15,18H,4-9,11,13H2,1-3H3,(H,25,26). The fourth-order valence-electron chi connectivity index (χ4n) is 3.98. The van der Waals surface area contributed by atoms with Crippen LogP contribution in [0.1, 0.15) is 73.4 Å². The quantitative estimate of drug-likeness (QED) is 0.527. The number of carbonyl (C=O) groups is 2. The van der Waals surface area contributed by atoms with Crippen molar-refractivity contribution < 1.29 is 14.3 Å². The van der Waals surface area contributed by atoms with Crippen molar-refractivity contribution in [2.75, 3.05) is 11.9 Å². The number of hydrogen-bond acceptors (Lipinski definition) is 4. The first-order valence-electron chi connectivity index (χ1n) is 10.7. The number of anilines is 1. The zero-order valence-corrected chi connectivity index (χ0v) is 18.5. The smallest absolute Gasteiger partial charge is 0.341 e. The van der Waals surface area contributed by atoms with Crippen LogP contribution in [0.4, 0.5) is 5.00 Å². The molecule has 1 amide bonds. The maximum absolute atomic E-state index is 12.7. The predicted octanol–water partition coefficient (Wildman–Crippen LogP) is 6.51. The number of thiophene rings is 1. The van der Waals surface area contributed by atoms with Crippen molar-refractivity contribution in [3.63, 3.8) is 0 Å². The van der Waals surface area contributed by atoms with Crippen molar-refractivity contribution in [3.05, 3.63) is 40.3 Å². The molecule has 0 radical (unpaired) electrons. The van der Waals surface area contributed by atoms with Gasteiger partial charge in [-0.2, -0.15) is 0 Å². The molecule has 3 rings (SSSR count). The Labute approximate surface area is 177 Å². The Morgan fingerprint density at radius 3 is 2.59 bits per heavy atom. The molecule has 1 aliphatic carbocycles. The summed E-state index contributed by atoms with van der Waals surface area (Å²) in [6, 6.07) is 6.15. The first kappa shape index (κ1) is 21.6. The SMILES string of the molecule is CCOC(=O)c1c(-c2ccc(C)c(C)c2)csc1NC(=O)CCC1CCCCC1. The van der Waals surface area contributed by atoms with Crippen molar-refractivity contribution >= 4 is 28.2 Å². The predicted molar refractivity (Wildman–Crippen MR) is 120 cm³/mol. The molecule has 1 N–H and O–H groups in total. The van der Waals surface area contributed by atoms with Crippen molar-refractivity contribution in [3.8, 4) is 11.1 Å². The lowest BCUT2D eigenvalue weighted by Gasteiger charge is -2.20. The maximum atomic E-state index is 12.7. The van der Waals surface area contributed by atoms with E-state index in [1.807, 2.05) is 11.4 Å². The molecule has 0 bridgehead atoms. The second-order valence-electron chi connectivity index (χ2n) is 7.96. The van der Waals surface area contributed by atoms with Gasteiger partial charge < -0.3 is 10.1 Å². The summed E-state index contributed by atoms with van der Waals surface area (Å²) in [4.78, 5) is 25.3. The highest BCUT2D eigenvalue weighted by Gasteiger charge is 2.23. The lowest BCUT2D eigenvalue weighted by Crippen LogP contribution is -2.16. The Kier molecular flexibility index (Phi) is 7.48. The molecule has 5 heteroatoms. The Hall–Kier alpha value is -2.14. The molecule has 4 nitrogen and oxygen atoms in total. The van der Waals surface area contributed by atoms with Crippen LogP contribution in [0.25, 0.3) is 11.1 Å². The van der Waals surface area contributed by atoms with E-state index < -0.39 is 0 Å². The molecule has 1 aromatic carbocycles. The van der Waals surface area contributed by atoms with Crippen LogP contribution < -0.4 is 5.32 Å². The van der Waals surface area contributed by atoms with Crippen LogP contribution in [0.3, 0.4) is 0 Å². The number of ether oxygens (including phenoxy) is 1. The van der Waals surface area contributed by atoms with Crippen LogP contribution in [0, 0.1) is 19.8 Å². The van der Waals surface area contributed by atoms with Gasteiger partial charge in [0.25, 0.3) is 0 Å². The molecule has 0 unspecified atom stereocenters. The number of aryl methyl sites for hydroxylation is 2. The zero-order chi connectivity index (χ0) is 20.8. The molecule has 0 spiro atoms. The lowest BCUT2D eigenvalue weighted by molar-refractivity contribution is -0.116. The van der Waals surface area contributed by atoms with Crippen LogP contribution in [0.5, 0.6) is 0 Å². The lowest BCUT2D eigenvalue weighted by atomic mass is 9.86. The third-order valence-corrected chi connectivity index (χ3v) is 6.74. The fourth-order valence-corrected chi connectivity index (χ4v) is 4.95. The van der Waals surface area contributed by atoms with Crippen molar-refractivity contribution in [1.82, 2.24) is 0 Å². The molecular weight excluding hydrogens is 382 g/mol. The Balaban J connectivity index is 1.78. The van der Waals surface area contributed by atoms with Gasteiger partial charge in [0.15, 0.2) is 0 Å². The van der Waals surface area contributed by atoms with E-state index in [1.54, 1.807) is 6.92 Å². The summed E-state index contributed by atoms with van der Waals surface area (Å²) >= 11 is 1.39. The molecule has 1 heterocycles. The first-order chi connectivity index (χ1) is 14.0. The molecule has 0 atom stereocenters. The van der Waals surface area contributed by atoms with Gasteiger partial charge in [-0.15, -0.1) is 11.3 Å². The van der Waals surface area contributed by atoms with Gasteiger partial charge in [-0.05, 0) is 49.8 Å². The van der Waals surface area contributed by atoms with Gasteiger partial charge >= 0.3 is 5.97 Å². The number of hydrogen-bond donors (Lipinski definition) is 1. The monoisotopic (exact) mass is 413 g/mol. The third-order valence-electron chi connectivity index (χ3n) is 5.85. The molecule has 1 aliphatic rings. The number of carbonyl (C=O) groups excluding carboxylic acids is 2. The summed E-state index contributed by atoms with van der Waals surface area (Å²) in [6.45, 7) is 6.22. The summed E-state index contributed by atoms with van der Waals surface area (Å²) in [5.74, 6) is 0.257. The Morgan fingerprint density at radius 2 is 1.90 bits per heavy atom. The van der Waals surface area contributed by atoms with Crippen LogP contribution in [0.2, 0.25) is 0 Å². The van der Waals surface area contributed by atoms with Gasteiger partial charge in [0.2, 0.25) is 5.91 Å². The van der Waals surface area contributed by atoms with Gasteiger partial charge in [0.1, 0.15) is 10.6 Å². The van der Waals surface area contributed by atoms with E-state index in [0.29, 0.717) is 29.5 Å². The van der Waals surface area contributed by atoms with Gasteiger partial charge in [-0.1, -0.05) is 50.3 Å².